The Labute approximate surface area is 174 Å². The van der Waals surface area contributed by atoms with Crippen molar-refractivity contribution in [1.29, 1.82) is 0 Å². The monoisotopic (exact) mass is 438 g/mol. The van der Waals surface area contributed by atoms with Gasteiger partial charge in [0.25, 0.3) is 5.91 Å². The number of benzene rings is 2. The van der Waals surface area contributed by atoms with E-state index in [1.54, 1.807) is 26.0 Å². The Balaban J connectivity index is 1.77. The van der Waals surface area contributed by atoms with Crippen LogP contribution in [0.4, 0.5) is 4.39 Å². The second-order valence-corrected chi connectivity index (χ2v) is 8.92. The van der Waals surface area contributed by atoms with Gasteiger partial charge in [0, 0.05) is 6.54 Å². The third kappa shape index (κ3) is 4.78. The molecule has 10 heteroatoms. The fourth-order valence-corrected chi connectivity index (χ4v) is 5.06. The summed E-state index contributed by atoms with van der Waals surface area (Å²) in [5.41, 5.74) is 2.28. The summed E-state index contributed by atoms with van der Waals surface area (Å²) in [7, 11) is -4.04. The Morgan fingerprint density at radius 1 is 1.20 bits per heavy atom. The first-order valence-electron chi connectivity index (χ1n) is 9.31. The van der Waals surface area contributed by atoms with Gasteiger partial charge in [0.15, 0.2) is 0 Å². The first-order valence-corrected chi connectivity index (χ1v) is 10.7. The van der Waals surface area contributed by atoms with Gasteiger partial charge >= 0.3 is 0 Å². The van der Waals surface area contributed by atoms with Crippen LogP contribution in [0.3, 0.4) is 0 Å². The van der Waals surface area contributed by atoms with Crippen LogP contribution < -0.4 is 10.2 Å². The summed E-state index contributed by atoms with van der Waals surface area (Å²) in [4.78, 5) is 12.1. The summed E-state index contributed by atoms with van der Waals surface area (Å²) in [6.07, 6.45) is -1.16. The zero-order valence-corrected chi connectivity index (χ0v) is 17.3. The van der Waals surface area contributed by atoms with Crippen molar-refractivity contribution in [1.82, 2.24) is 9.79 Å². The van der Waals surface area contributed by atoms with E-state index in [1.165, 1.54) is 41.9 Å². The van der Waals surface area contributed by atoms with Crippen LogP contribution in [-0.4, -0.2) is 48.6 Å². The van der Waals surface area contributed by atoms with Gasteiger partial charge in [-0.15, -0.1) is 0 Å². The van der Waals surface area contributed by atoms with E-state index in [-0.39, 0.29) is 23.9 Å². The van der Waals surface area contributed by atoms with Crippen molar-refractivity contribution < 1.29 is 32.3 Å². The standard InChI is InChI=1S/C20H23FN2O6S/c1-13-11-23(19(14(2)29-13)20(24)22-25)30(26,27)18-9-7-17(8-10-18)28-12-15-3-5-16(21)6-4-15/h3-10,13-14,19,25H,11-12H2,1-2H3,(H,22,24)/t13-,14-,19-/m1/s1. The molecular weight excluding hydrogens is 415 g/mol. The van der Waals surface area contributed by atoms with Gasteiger partial charge in [0.2, 0.25) is 10.0 Å². The molecule has 1 heterocycles. The van der Waals surface area contributed by atoms with Gasteiger partial charge in [0.05, 0.1) is 17.1 Å². The minimum Gasteiger partial charge on any atom is -0.489 e. The normalized spacial score (nSPS) is 22.5. The predicted octanol–water partition coefficient (Wildman–Crippen LogP) is 2.08. The number of hydrogen-bond donors (Lipinski definition) is 2. The Bertz CT molecular complexity index is 981. The number of hydrogen-bond acceptors (Lipinski definition) is 6. The zero-order valence-electron chi connectivity index (χ0n) is 16.5. The first-order chi connectivity index (χ1) is 14.2. The third-order valence-corrected chi connectivity index (χ3v) is 6.63. The Morgan fingerprint density at radius 2 is 1.83 bits per heavy atom. The molecule has 1 aliphatic heterocycles. The van der Waals surface area contributed by atoms with Crippen molar-refractivity contribution in [2.45, 2.75) is 43.6 Å². The average molecular weight is 438 g/mol. The maximum Gasteiger partial charge on any atom is 0.264 e. The van der Waals surface area contributed by atoms with Gasteiger partial charge in [-0.25, -0.2) is 18.3 Å². The van der Waals surface area contributed by atoms with E-state index in [4.69, 9.17) is 14.7 Å². The predicted molar refractivity (Wildman–Crippen MR) is 105 cm³/mol. The molecule has 2 N–H and O–H groups in total. The van der Waals surface area contributed by atoms with Crippen molar-refractivity contribution in [3.63, 3.8) is 0 Å². The van der Waals surface area contributed by atoms with Crippen molar-refractivity contribution in [2.24, 2.45) is 0 Å². The summed E-state index contributed by atoms with van der Waals surface area (Å²) < 4.78 is 51.5. The molecular formula is C20H23FN2O6S. The minimum absolute atomic E-state index is 0.0197. The Morgan fingerprint density at radius 3 is 2.43 bits per heavy atom. The van der Waals surface area contributed by atoms with E-state index < -0.39 is 34.2 Å². The molecule has 162 valence electrons. The maximum absolute atomic E-state index is 13.2. The fraction of sp³-hybridized carbons (Fsp3) is 0.350. The van der Waals surface area contributed by atoms with E-state index >= 15 is 0 Å². The molecule has 0 aromatic heterocycles. The van der Waals surface area contributed by atoms with Crippen LogP contribution in [-0.2, 0) is 26.2 Å². The molecule has 30 heavy (non-hydrogen) atoms. The highest BCUT2D eigenvalue weighted by Crippen LogP contribution is 2.27. The topological polar surface area (TPSA) is 105 Å². The van der Waals surface area contributed by atoms with Crippen molar-refractivity contribution in [3.05, 3.63) is 59.9 Å². The van der Waals surface area contributed by atoms with Crippen LogP contribution in [0.1, 0.15) is 19.4 Å². The van der Waals surface area contributed by atoms with Gasteiger partial charge in [-0.3, -0.25) is 10.0 Å². The largest absolute Gasteiger partial charge is 0.489 e. The molecule has 1 aliphatic rings. The van der Waals surface area contributed by atoms with Crippen LogP contribution in [0.2, 0.25) is 0 Å². The number of carbonyl (C=O) groups is 1. The van der Waals surface area contributed by atoms with Gasteiger partial charge in [-0.2, -0.15) is 4.31 Å². The summed E-state index contributed by atoms with van der Waals surface area (Å²) in [5, 5.41) is 9.02. The minimum atomic E-state index is -4.04. The average Bonchev–Trinajstić information content (AvgIpc) is 2.72. The number of morpholine rings is 1. The molecule has 0 aliphatic carbocycles. The Kier molecular flexibility index (Phi) is 6.71. The SMILES string of the molecule is C[C@@H]1CN(S(=O)(=O)c2ccc(OCc3ccc(F)cc3)cc2)[C@@H](C(=O)NO)[C@@H](C)O1. The van der Waals surface area contributed by atoms with E-state index in [1.807, 2.05) is 0 Å². The second-order valence-electron chi connectivity index (χ2n) is 7.03. The molecule has 1 amide bonds. The number of sulfonamides is 1. The summed E-state index contributed by atoms with van der Waals surface area (Å²) in [5.74, 6) is -0.767. The van der Waals surface area contributed by atoms with Crippen LogP contribution >= 0.6 is 0 Å². The molecule has 1 fully saturated rings. The lowest BCUT2D eigenvalue weighted by molar-refractivity contribution is -0.146. The highest BCUT2D eigenvalue weighted by Gasteiger charge is 2.44. The third-order valence-electron chi connectivity index (χ3n) is 4.77. The van der Waals surface area contributed by atoms with Gasteiger partial charge in [0.1, 0.15) is 24.2 Å². The molecule has 2 aromatic carbocycles. The van der Waals surface area contributed by atoms with Crippen molar-refractivity contribution in [2.75, 3.05) is 6.54 Å². The maximum atomic E-state index is 13.2. The first kappa shape index (κ1) is 22.2. The molecule has 1 saturated heterocycles. The number of nitrogens with zero attached hydrogens (tertiary/aromatic N) is 1. The lowest BCUT2D eigenvalue weighted by Crippen LogP contribution is -2.60. The van der Waals surface area contributed by atoms with Gasteiger partial charge < -0.3 is 9.47 Å². The fourth-order valence-electron chi connectivity index (χ4n) is 3.33. The number of amides is 1. The molecule has 0 spiro atoms. The second kappa shape index (κ2) is 9.09. The van der Waals surface area contributed by atoms with Crippen LogP contribution in [0.5, 0.6) is 5.75 Å². The van der Waals surface area contributed by atoms with E-state index in [2.05, 4.69) is 0 Å². The van der Waals surface area contributed by atoms with Gasteiger partial charge in [-0.05, 0) is 55.8 Å². The van der Waals surface area contributed by atoms with Gasteiger partial charge in [-0.1, -0.05) is 12.1 Å². The molecule has 3 atom stereocenters. The van der Waals surface area contributed by atoms with Crippen molar-refractivity contribution in [3.8, 4) is 5.75 Å². The molecule has 0 unspecified atom stereocenters. The molecule has 0 saturated carbocycles. The van der Waals surface area contributed by atoms with E-state index in [0.717, 1.165) is 9.87 Å². The molecule has 8 nitrogen and oxygen atoms in total. The summed E-state index contributed by atoms with van der Waals surface area (Å²) in [6.45, 7) is 3.44. The van der Waals surface area contributed by atoms with E-state index in [9.17, 15) is 17.6 Å². The molecule has 0 radical (unpaired) electrons. The number of hydroxylamine groups is 1. The van der Waals surface area contributed by atoms with Crippen LogP contribution in [0.25, 0.3) is 0 Å². The number of ether oxygens (including phenoxy) is 2. The molecule has 0 bridgehead atoms. The number of nitrogens with one attached hydrogen (secondary N) is 1. The van der Waals surface area contributed by atoms with Crippen LogP contribution in [0, 0.1) is 5.82 Å². The highest BCUT2D eigenvalue weighted by atomic mass is 32.2. The van der Waals surface area contributed by atoms with Crippen molar-refractivity contribution >= 4 is 15.9 Å². The summed E-state index contributed by atoms with van der Waals surface area (Å²) >= 11 is 0. The van der Waals surface area contributed by atoms with Crippen LogP contribution in [0.15, 0.2) is 53.4 Å². The molecule has 2 aromatic rings. The lowest BCUT2D eigenvalue weighted by Gasteiger charge is -2.40. The Hall–Kier alpha value is -2.53. The lowest BCUT2D eigenvalue weighted by atomic mass is 10.1. The number of carbonyl (C=O) groups excluding carboxylic acids is 1. The number of rotatable bonds is 6. The summed E-state index contributed by atoms with van der Waals surface area (Å²) in [6, 6.07) is 10.4. The van der Waals surface area contributed by atoms with E-state index in [0.29, 0.717) is 5.75 Å². The smallest absolute Gasteiger partial charge is 0.264 e. The highest BCUT2D eigenvalue weighted by molar-refractivity contribution is 7.89. The number of halogens is 1. The molecule has 3 rings (SSSR count). The zero-order chi connectivity index (χ0) is 21.9. The quantitative estimate of drug-likeness (QED) is 0.529.